The van der Waals surface area contributed by atoms with Crippen LogP contribution < -0.4 is 5.32 Å². The van der Waals surface area contributed by atoms with Crippen molar-refractivity contribution in [3.8, 4) is 0 Å². The highest BCUT2D eigenvalue weighted by molar-refractivity contribution is 7.90. The molecule has 1 aromatic rings. The van der Waals surface area contributed by atoms with Gasteiger partial charge in [-0.2, -0.15) is 10.2 Å². The Kier molecular flexibility index (Phi) is 3.97. The van der Waals surface area contributed by atoms with Crippen LogP contribution in [0, 0.1) is 0 Å². The van der Waals surface area contributed by atoms with Gasteiger partial charge in [0.05, 0.1) is 11.4 Å². The quantitative estimate of drug-likeness (QED) is 0.677. The maximum atomic E-state index is 10.8. The van der Waals surface area contributed by atoms with Gasteiger partial charge < -0.3 is 5.32 Å². The molecule has 0 aromatic carbocycles. The van der Waals surface area contributed by atoms with Gasteiger partial charge >= 0.3 is 0 Å². The summed E-state index contributed by atoms with van der Waals surface area (Å²) in [6.07, 6.45) is 2.82. The van der Waals surface area contributed by atoms with Crippen LogP contribution in [0.25, 0.3) is 0 Å². The summed E-state index contributed by atoms with van der Waals surface area (Å²) in [5, 5.41) is 10.5. The summed E-state index contributed by atoms with van der Waals surface area (Å²) in [4.78, 5) is 0. The van der Waals surface area contributed by atoms with E-state index in [1.807, 2.05) is 6.07 Å². The fourth-order valence-corrected chi connectivity index (χ4v) is 1.42. The Morgan fingerprint density at radius 1 is 1.50 bits per heavy atom. The van der Waals surface area contributed by atoms with E-state index in [0.717, 1.165) is 5.69 Å². The van der Waals surface area contributed by atoms with Gasteiger partial charge in [-0.3, -0.25) is 0 Å². The van der Waals surface area contributed by atoms with Gasteiger partial charge in [-0.15, -0.1) is 0 Å². The van der Waals surface area contributed by atoms with Crippen molar-refractivity contribution in [3.05, 3.63) is 24.0 Å². The average Bonchev–Trinajstić information content (AvgIpc) is 2.13. The Morgan fingerprint density at radius 3 is 2.86 bits per heavy atom. The maximum Gasteiger partial charge on any atom is 0.148 e. The van der Waals surface area contributed by atoms with Gasteiger partial charge in [-0.1, -0.05) is 0 Å². The third-order valence-electron chi connectivity index (χ3n) is 1.58. The first-order valence-electron chi connectivity index (χ1n) is 4.23. The third-order valence-corrected chi connectivity index (χ3v) is 2.53. The Bertz CT molecular complexity index is 363. The van der Waals surface area contributed by atoms with Gasteiger partial charge in [-0.05, 0) is 12.1 Å². The second-order valence-electron chi connectivity index (χ2n) is 3.02. The molecule has 78 valence electrons. The lowest BCUT2D eigenvalue weighted by Gasteiger charge is -2.01. The lowest BCUT2D eigenvalue weighted by atomic mass is 10.4. The third kappa shape index (κ3) is 4.88. The highest BCUT2D eigenvalue weighted by Gasteiger charge is 2.00. The molecule has 0 aliphatic rings. The van der Waals surface area contributed by atoms with Crippen molar-refractivity contribution >= 4 is 9.84 Å². The molecule has 1 N–H and O–H groups in total. The van der Waals surface area contributed by atoms with Crippen molar-refractivity contribution in [3.63, 3.8) is 0 Å². The molecule has 1 aromatic heterocycles. The molecule has 5 nitrogen and oxygen atoms in total. The van der Waals surface area contributed by atoms with Crippen LogP contribution in [-0.4, -0.2) is 37.2 Å². The molecular formula is C8H13N3O2S. The molecule has 0 atom stereocenters. The summed E-state index contributed by atoms with van der Waals surface area (Å²) in [5.41, 5.74) is 0.806. The van der Waals surface area contributed by atoms with E-state index in [1.165, 1.54) is 6.26 Å². The second-order valence-corrected chi connectivity index (χ2v) is 5.28. The fourth-order valence-electron chi connectivity index (χ4n) is 0.902. The first kappa shape index (κ1) is 11.1. The number of nitrogens with one attached hydrogen (secondary N) is 1. The largest absolute Gasteiger partial charge is 0.310 e. The summed E-state index contributed by atoms with van der Waals surface area (Å²) < 4.78 is 21.5. The minimum atomic E-state index is -2.88. The van der Waals surface area contributed by atoms with Crippen LogP contribution in [-0.2, 0) is 16.4 Å². The minimum absolute atomic E-state index is 0.146. The summed E-state index contributed by atoms with van der Waals surface area (Å²) in [7, 11) is -2.88. The Balaban J connectivity index is 2.23. The van der Waals surface area contributed by atoms with Crippen molar-refractivity contribution in [2.45, 2.75) is 6.54 Å². The normalized spacial score (nSPS) is 11.5. The van der Waals surface area contributed by atoms with E-state index in [-0.39, 0.29) is 5.75 Å². The molecule has 0 aliphatic heterocycles. The van der Waals surface area contributed by atoms with Crippen molar-refractivity contribution in [2.75, 3.05) is 18.6 Å². The Hall–Kier alpha value is -1.01. The molecule has 0 bridgehead atoms. The van der Waals surface area contributed by atoms with Gasteiger partial charge in [0.15, 0.2) is 0 Å². The lowest BCUT2D eigenvalue weighted by Crippen LogP contribution is -2.22. The molecule has 0 unspecified atom stereocenters. The summed E-state index contributed by atoms with van der Waals surface area (Å²) in [6, 6.07) is 3.63. The fraction of sp³-hybridized carbons (Fsp3) is 0.500. The maximum absolute atomic E-state index is 10.8. The summed E-state index contributed by atoms with van der Waals surface area (Å²) >= 11 is 0. The number of aromatic nitrogens is 2. The molecule has 0 fully saturated rings. The number of rotatable bonds is 5. The van der Waals surface area contributed by atoms with Crippen LogP contribution in [0.1, 0.15) is 5.69 Å². The van der Waals surface area contributed by atoms with E-state index in [9.17, 15) is 8.42 Å². The molecule has 0 saturated carbocycles. The first-order chi connectivity index (χ1) is 6.58. The van der Waals surface area contributed by atoms with Gasteiger partial charge in [0.25, 0.3) is 0 Å². The van der Waals surface area contributed by atoms with Crippen LogP contribution in [0.4, 0.5) is 0 Å². The number of sulfone groups is 1. The summed E-state index contributed by atoms with van der Waals surface area (Å²) in [6.45, 7) is 0.985. The van der Waals surface area contributed by atoms with Crippen LogP contribution in [0.5, 0.6) is 0 Å². The highest BCUT2D eigenvalue weighted by Crippen LogP contribution is 1.89. The van der Waals surface area contributed by atoms with Gasteiger partial charge in [0.1, 0.15) is 9.84 Å². The van der Waals surface area contributed by atoms with Crippen molar-refractivity contribution in [2.24, 2.45) is 0 Å². The molecule has 0 aliphatic carbocycles. The molecule has 0 spiro atoms. The molecule has 0 amide bonds. The molecule has 0 radical (unpaired) electrons. The van der Waals surface area contributed by atoms with E-state index >= 15 is 0 Å². The molecule has 1 rings (SSSR count). The predicted octanol–water partition coefficient (Wildman–Crippen LogP) is -0.389. The van der Waals surface area contributed by atoms with Crippen molar-refractivity contribution in [1.29, 1.82) is 0 Å². The highest BCUT2D eigenvalue weighted by atomic mass is 32.2. The molecule has 1 heterocycles. The van der Waals surface area contributed by atoms with Gasteiger partial charge in [-0.25, -0.2) is 8.42 Å². The van der Waals surface area contributed by atoms with E-state index in [1.54, 1.807) is 12.3 Å². The van der Waals surface area contributed by atoms with Crippen molar-refractivity contribution in [1.82, 2.24) is 15.5 Å². The lowest BCUT2D eigenvalue weighted by molar-refractivity contribution is 0.595. The number of nitrogens with zero attached hydrogens (tertiary/aromatic N) is 2. The second kappa shape index (κ2) is 5.02. The van der Waals surface area contributed by atoms with E-state index < -0.39 is 9.84 Å². The Morgan fingerprint density at radius 2 is 2.29 bits per heavy atom. The monoisotopic (exact) mass is 215 g/mol. The van der Waals surface area contributed by atoms with E-state index in [4.69, 9.17) is 0 Å². The topological polar surface area (TPSA) is 72.0 Å². The first-order valence-corrected chi connectivity index (χ1v) is 6.29. The number of hydrogen-bond acceptors (Lipinski definition) is 5. The SMILES string of the molecule is CS(=O)(=O)CCNCc1cccnn1. The zero-order valence-corrected chi connectivity index (χ0v) is 8.79. The molecule has 14 heavy (non-hydrogen) atoms. The molecular weight excluding hydrogens is 202 g/mol. The van der Waals surface area contributed by atoms with Gasteiger partial charge in [0.2, 0.25) is 0 Å². The van der Waals surface area contributed by atoms with Crippen LogP contribution in [0.3, 0.4) is 0 Å². The van der Waals surface area contributed by atoms with Gasteiger partial charge in [0, 0.05) is 25.5 Å². The zero-order chi connectivity index (χ0) is 10.4. The zero-order valence-electron chi connectivity index (χ0n) is 7.97. The van der Waals surface area contributed by atoms with E-state index in [2.05, 4.69) is 15.5 Å². The van der Waals surface area contributed by atoms with Crippen molar-refractivity contribution < 1.29 is 8.42 Å². The summed E-state index contributed by atoms with van der Waals surface area (Å²) in [5.74, 6) is 0.146. The molecule has 6 heteroatoms. The van der Waals surface area contributed by atoms with Crippen LogP contribution in [0.2, 0.25) is 0 Å². The van der Waals surface area contributed by atoms with Crippen LogP contribution >= 0.6 is 0 Å². The molecule has 0 saturated heterocycles. The predicted molar refractivity (Wildman–Crippen MR) is 53.4 cm³/mol. The average molecular weight is 215 g/mol. The standard InChI is InChI=1S/C8H13N3O2S/c1-14(12,13)6-5-9-7-8-3-2-4-10-11-8/h2-4,9H,5-7H2,1H3. The smallest absolute Gasteiger partial charge is 0.148 e. The van der Waals surface area contributed by atoms with E-state index in [0.29, 0.717) is 13.1 Å². The van der Waals surface area contributed by atoms with Crippen LogP contribution in [0.15, 0.2) is 18.3 Å². The number of hydrogen-bond donors (Lipinski definition) is 1. The minimum Gasteiger partial charge on any atom is -0.310 e. The Labute approximate surface area is 83.5 Å².